The lowest BCUT2D eigenvalue weighted by molar-refractivity contribution is -0.135. The number of sulfonamides is 2. The fourth-order valence-corrected chi connectivity index (χ4v) is 9.34. The molecular formula is C40H55Cl2N7O11S2. The van der Waals surface area contributed by atoms with Crippen molar-refractivity contribution >= 4 is 72.0 Å². The van der Waals surface area contributed by atoms with Gasteiger partial charge in [0.15, 0.2) is 0 Å². The number of halogens is 2. The molecule has 6 atom stereocenters. The van der Waals surface area contributed by atoms with Crippen molar-refractivity contribution < 1.29 is 50.1 Å². The van der Waals surface area contributed by atoms with Crippen LogP contribution in [-0.4, -0.2) is 113 Å². The summed E-state index contributed by atoms with van der Waals surface area (Å²) in [6.07, 6.45) is 0.428. The number of alkyl halides is 1. The molecule has 0 spiro atoms. The predicted molar refractivity (Wildman–Crippen MR) is 233 cm³/mol. The van der Waals surface area contributed by atoms with Gasteiger partial charge in [0.1, 0.15) is 41.0 Å². The van der Waals surface area contributed by atoms with Crippen molar-refractivity contribution in [2.45, 2.75) is 104 Å². The van der Waals surface area contributed by atoms with E-state index in [0.717, 1.165) is 17.7 Å². The minimum Gasteiger partial charge on any atom is -0.449 e. The van der Waals surface area contributed by atoms with E-state index in [0.29, 0.717) is 41.8 Å². The number of rotatable bonds is 12. The summed E-state index contributed by atoms with van der Waals surface area (Å²) >= 11 is 10.3. The van der Waals surface area contributed by atoms with Gasteiger partial charge in [-0.05, 0) is 43.6 Å². The van der Waals surface area contributed by atoms with E-state index in [1.54, 1.807) is 24.0 Å². The molecule has 22 heteroatoms. The summed E-state index contributed by atoms with van der Waals surface area (Å²) in [5.41, 5.74) is 7.99. The number of β-amino-alcohol motifs (C(OH)–C–C–N with tert-alkyl or cyclic N) is 1. The third kappa shape index (κ3) is 13.8. The van der Waals surface area contributed by atoms with E-state index in [1.807, 2.05) is 65.0 Å². The van der Waals surface area contributed by atoms with Crippen LogP contribution in [0.15, 0.2) is 60.3 Å². The van der Waals surface area contributed by atoms with E-state index in [1.165, 1.54) is 4.90 Å². The van der Waals surface area contributed by atoms with Gasteiger partial charge in [0.05, 0.1) is 41.0 Å². The molecule has 2 fully saturated rings. The second-order valence-corrected chi connectivity index (χ2v) is 20.5. The molecular weight excluding hydrogens is 890 g/mol. The number of aryl methyl sites for hydroxylation is 2. The second kappa shape index (κ2) is 21.8. The monoisotopic (exact) mass is 943 g/mol. The predicted octanol–water partition coefficient (Wildman–Crippen LogP) is 5.26. The molecule has 0 radical (unpaired) electrons. The number of carbonyl (C=O) groups is 3. The molecule has 2 aromatic heterocycles. The lowest BCUT2D eigenvalue weighted by Crippen LogP contribution is -2.46. The highest BCUT2D eigenvalue weighted by molar-refractivity contribution is 7.91. The maximum absolute atomic E-state index is 13.3. The van der Waals surface area contributed by atoms with Crippen LogP contribution in [0.25, 0.3) is 0 Å². The fraction of sp³-hybridized carbons (Fsp3) is 0.575. The first-order valence-electron chi connectivity index (χ1n) is 20.0. The van der Waals surface area contributed by atoms with Crippen LogP contribution in [0.5, 0.6) is 0 Å². The number of nitrogens with two attached hydrogens (primary N) is 1. The zero-order valence-electron chi connectivity index (χ0n) is 35.7. The molecule has 2 amide bonds. The van der Waals surface area contributed by atoms with Crippen molar-refractivity contribution in [2.24, 2.45) is 32.3 Å². The number of amides is 2. The molecule has 0 bridgehead atoms. The van der Waals surface area contributed by atoms with E-state index in [9.17, 15) is 36.3 Å². The van der Waals surface area contributed by atoms with Crippen molar-refractivity contribution in [2.75, 3.05) is 24.1 Å². The molecule has 0 saturated carbocycles. The number of ether oxygens (including phenoxy) is 1. The molecule has 3 aliphatic rings. The molecule has 62 heavy (non-hydrogen) atoms. The van der Waals surface area contributed by atoms with Crippen LogP contribution < -0.4 is 5.73 Å². The quantitative estimate of drug-likeness (QED) is 0.102. The Bertz CT molecular complexity index is 2300. The Morgan fingerprint density at radius 3 is 1.95 bits per heavy atom. The van der Waals surface area contributed by atoms with E-state index < -0.39 is 54.7 Å². The number of aliphatic hydroxyl groups is 1. The van der Waals surface area contributed by atoms with Crippen LogP contribution in [0.3, 0.4) is 0 Å². The molecule has 342 valence electrons. The summed E-state index contributed by atoms with van der Waals surface area (Å²) in [5.74, 6) is -0.437. The second-order valence-electron chi connectivity index (χ2n) is 16.3. The Hall–Kier alpha value is -4.37. The number of carbonyl (C=O) groups excluding carboxylic acids is 3. The Morgan fingerprint density at radius 1 is 0.952 bits per heavy atom. The first kappa shape index (κ1) is 50.3. The zero-order chi connectivity index (χ0) is 46.1. The molecule has 2 unspecified atom stereocenters. The van der Waals surface area contributed by atoms with Gasteiger partial charge in [-0.2, -0.15) is 4.40 Å². The maximum Gasteiger partial charge on any atom is 0.404 e. The molecule has 2 saturated heterocycles. The molecule has 3 aromatic rings. The molecule has 6 rings (SSSR count). The molecule has 1 aromatic carbocycles. The van der Waals surface area contributed by atoms with Crippen LogP contribution >= 0.6 is 23.2 Å². The van der Waals surface area contributed by atoms with Gasteiger partial charge in [-0.3, -0.25) is 9.59 Å². The van der Waals surface area contributed by atoms with Crippen LogP contribution in [0, 0.1) is 31.6 Å². The van der Waals surface area contributed by atoms with Gasteiger partial charge >= 0.3 is 5.43 Å². The third-order valence-corrected chi connectivity index (χ3v) is 13.2. The molecule has 3 aliphatic heterocycles. The highest BCUT2D eigenvalue weighted by Crippen LogP contribution is 2.35. The molecule has 3 N–H and O–H groups in total. The highest BCUT2D eigenvalue weighted by Gasteiger charge is 2.44. The summed E-state index contributed by atoms with van der Waals surface area (Å²) in [6, 6.07) is 11.8. The SMILES string of the molecule is Cc1cc(C(C(=O)N2C[C@H](C)C[C@H]2C2=NS(=O)(=O)CC2)C(C)C)on1.Cc1cc(C(C(=O)N2C[C@H](O)C[C@H]2C(N)=NS(=O)(=O)CCl)C(C)C)on1.O=C(Cl)OCc1ccccc1. The van der Waals surface area contributed by atoms with Crippen LogP contribution in [0.4, 0.5) is 4.79 Å². The Morgan fingerprint density at radius 2 is 1.50 bits per heavy atom. The first-order chi connectivity index (χ1) is 29.0. The van der Waals surface area contributed by atoms with E-state index in [2.05, 4.69) is 30.8 Å². The highest BCUT2D eigenvalue weighted by atomic mass is 35.5. The van der Waals surface area contributed by atoms with Gasteiger partial charge in [-0.15, -0.1) is 16.0 Å². The third-order valence-electron chi connectivity index (χ3n) is 10.3. The molecule has 0 aliphatic carbocycles. The Kier molecular flexibility index (Phi) is 17.7. The van der Waals surface area contributed by atoms with Crippen LogP contribution in [0.2, 0.25) is 0 Å². The number of hydrogen-bond acceptors (Lipinski definition) is 13. The topological polar surface area (TPSA) is 258 Å². The summed E-state index contributed by atoms with van der Waals surface area (Å²) in [5, 5.41) is 17.0. The van der Waals surface area contributed by atoms with E-state index >= 15 is 0 Å². The van der Waals surface area contributed by atoms with Gasteiger partial charge < -0.3 is 34.4 Å². The summed E-state index contributed by atoms with van der Waals surface area (Å²) in [7, 11) is -7.29. The van der Waals surface area contributed by atoms with Crippen LogP contribution in [-0.2, 0) is 41.0 Å². The fourth-order valence-electron chi connectivity index (χ4n) is 7.52. The molecule has 18 nitrogen and oxygen atoms in total. The summed E-state index contributed by atoms with van der Waals surface area (Å²) in [6.45, 7) is 14.2. The Balaban J connectivity index is 0.000000220. The average Bonchev–Trinajstić information content (AvgIpc) is 4.04. The van der Waals surface area contributed by atoms with Crippen molar-refractivity contribution in [3.05, 3.63) is 70.9 Å². The standard InChI is InChI=1S/C17H25N3O4S.C15H23ClN4O5S.C8H7ClO2/c1-10(2)16(15-8-12(4)18-24-15)17(21)20-9-11(3)7-14(20)13-5-6-25(22,23)19-13;1-8(2)13(12-4-9(3)18-25-12)15(22)20-6-10(21)5-11(20)14(17)19-26(23,24)7-16;9-8(10)11-6-7-4-2-1-3-5-7/h8,10-11,14,16H,5-7,9H2,1-4H3;4,8,10-11,13,21H,5-7H2,1-3H3,(H2,17,19);1-5H,6H2/t11-,14+,16?;10-,11+,13?;/m11./s1. The van der Waals surface area contributed by atoms with Crippen molar-refractivity contribution in [3.63, 3.8) is 0 Å². The smallest absolute Gasteiger partial charge is 0.404 e. The van der Waals surface area contributed by atoms with Gasteiger partial charge in [0.2, 0.25) is 11.8 Å². The number of hydrogen-bond donors (Lipinski definition) is 2. The number of amidine groups is 1. The minimum absolute atomic E-state index is 0.0248. The van der Waals surface area contributed by atoms with E-state index in [-0.39, 0.29) is 60.9 Å². The van der Waals surface area contributed by atoms with Crippen LogP contribution in [0.1, 0.15) is 94.2 Å². The Labute approximate surface area is 372 Å². The number of likely N-dealkylation sites (tertiary alicyclic amines) is 2. The number of aliphatic hydroxyl groups excluding tert-OH is 1. The maximum atomic E-state index is 13.3. The van der Waals surface area contributed by atoms with Gasteiger partial charge in [0.25, 0.3) is 20.0 Å². The number of nitrogens with zero attached hydrogens (tertiary/aromatic N) is 6. The van der Waals surface area contributed by atoms with Crippen molar-refractivity contribution in [1.29, 1.82) is 0 Å². The number of benzene rings is 1. The lowest BCUT2D eigenvalue weighted by Gasteiger charge is -2.29. The molecule has 5 heterocycles. The van der Waals surface area contributed by atoms with Gasteiger partial charge in [-0.25, -0.2) is 21.6 Å². The van der Waals surface area contributed by atoms with Gasteiger partial charge in [-0.1, -0.05) is 75.3 Å². The lowest BCUT2D eigenvalue weighted by atomic mass is 9.91. The van der Waals surface area contributed by atoms with E-state index in [4.69, 9.17) is 38.0 Å². The normalized spacial score (nSPS) is 22.1. The zero-order valence-corrected chi connectivity index (χ0v) is 38.8. The summed E-state index contributed by atoms with van der Waals surface area (Å²) in [4.78, 5) is 39.7. The largest absolute Gasteiger partial charge is 0.449 e. The number of aromatic nitrogens is 2. The first-order valence-corrected chi connectivity index (χ1v) is 24.1. The minimum atomic E-state index is -3.93. The van der Waals surface area contributed by atoms with Crippen molar-refractivity contribution in [3.8, 4) is 0 Å². The van der Waals surface area contributed by atoms with Crippen molar-refractivity contribution in [1.82, 2.24) is 20.1 Å². The average molecular weight is 945 g/mol. The van der Waals surface area contributed by atoms with Gasteiger partial charge in [0, 0.05) is 49.7 Å². The summed E-state index contributed by atoms with van der Waals surface area (Å²) < 4.78 is 69.2.